The fourth-order valence-corrected chi connectivity index (χ4v) is 2.91. The van der Waals surface area contributed by atoms with Crippen LogP contribution in [-0.4, -0.2) is 29.3 Å². The van der Waals surface area contributed by atoms with Gasteiger partial charge in [0, 0.05) is 6.04 Å². The fraction of sp³-hybridized carbons (Fsp3) is 0.316. The predicted molar refractivity (Wildman–Crippen MR) is 90.0 cm³/mol. The third-order valence-corrected chi connectivity index (χ3v) is 4.25. The lowest BCUT2D eigenvalue weighted by Gasteiger charge is -2.24. The van der Waals surface area contributed by atoms with Gasteiger partial charge in [-0.05, 0) is 42.7 Å². The van der Waals surface area contributed by atoms with E-state index in [1.807, 2.05) is 30.3 Å². The molecule has 126 valence electrons. The summed E-state index contributed by atoms with van der Waals surface area (Å²) in [6, 6.07) is 16.3. The smallest absolute Gasteiger partial charge is 0.335 e. The Morgan fingerprint density at radius 3 is 2.46 bits per heavy atom. The van der Waals surface area contributed by atoms with E-state index >= 15 is 0 Å². The number of carboxylic acids is 1. The van der Waals surface area contributed by atoms with Crippen LogP contribution in [0, 0.1) is 0 Å². The number of benzene rings is 2. The molecule has 3 rings (SSSR count). The normalized spacial score (nSPS) is 23.1. The van der Waals surface area contributed by atoms with Crippen LogP contribution in [0.25, 0.3) is 0 Å². The van der Waals surface area contributed by atoms with Crippen LogP contribution >= 0.6 is 0 Å². The van der Waals surface area contributed by atoms with Crippen LogP contribution in [0.2, 0.25) is 0 Å². The largest absolute Gasteiger partial charge is 0.486 e. The Morgan fingerprint density at radius 1 is 1.08 bits per heavy atom. The summed E-state index contributed by atoms with van der Waals surface area (Å²) >= 11 is 0. The van der Waals surface area contributed by atoms with Crippen LogP contribution in [0.3, 0.4) is 0 Å². The standard InChI is InChI=1S/C19H21NO4/c20-16-10-11-17(23-12-13-4-2-1-3-5-13)18(16)24-15-8-6-14(7-9-15)19(21)22/h1-9,16-18H,10-12,20H2,(H,21,22). The minimum absolute atomic E-state index is 0.0700. The monoisotopic (exact) mass is 327 g/mol. The Labute approximate surface area is 141 Å². The maximum absolute atomic E-state index is 10.9. The fourth-order valence-electron chi connectivity index (χ4n) is 2.91. The second-order valence-corrected chi connectivity index (χ2v) is 5.99. The molecule has 3 unspecified atom stereocenters. The first-order chi connectivity index (χ1) is 11.6. The predicted octanol–water partition coefficient (Wildman–Crippen LogP) is 2.84. The summed E-state index contributed by atoms with van der Waals surface area (Å²) in [5.41, 5.74) is 7.51. The lowest BCUT2D eigenvalue weighted by atomic mass is 10.2. The van der Waals surface area contributed by atoms with Crippen molar-refractivity contribution in [2.24, 2.45) is 5.73 Å². The van der Waals surface area contributed by atoms with Crippen LogP contribution in [0.5, 0.6) is 5.75 Å². The summed E-state index contributed by atoms with van der Waals surface area (Å²) in [6.07, 6.45) is 1.40. The number of hydrogen-bond acceptors (Lipinski definition) is 4. The van der Waals surface area contributed by atoms with E-state index in [0.29, 0.717) is 12.4 Å². The maximum atomic E-state index is 10.9. The number of rotatable bonds is 6. The van der Waals surface area contributed by atoms with Crippen molar-refractivity contribution in [3.63, 3.8) is 0 Å². The molecule has 0 radical (unpaired) electrons. The number of carboxylic acid groups (broad SMARTS) is 1. The Kier molecular flexibility index (Phi) is 5.13. The van der Waals surface area contributed by atoms with Crippen LogP contribution in [0.4, 0.5) is 0 Å². The van der Waals surface area contributed by atoms with E-state index in [-0.39, 0.29) is 23.8 Å². The molecular formula is C19H21NO4. The Balaban J connectivity index is 1.62. The molecule has 3 N–H and O–H groups in total. The average Bonchev–Trinajstić information content (AvgIpc) is 2.94. The van der Waals surface area contributed by atoms with E-state index in [9.17, 15) is 4.79 Å². The van der Waals surface area contributed by atoms with Gasteiger partial charge in [0.05, 0.1) is 18.3 Å². The van der Waals surface area contributed by atoms with Crippen LogP contribution in [-0.2, 0) is 11.3 Å². The third kappa shape index (κ3) is 3.93. The summed E-state index contributed by atoms with van der Waals surface area (Å²) in [6.45, 7) is 0.524. The first kappa shape index (κ1) is 16.5. The average molecular weight is 327 g/mol. The van der Waals surface area contributed by atoms with Gasteiger partial charge in [-0.2, -0.15) is 0 Å². The van der Waals surface area contributed by atoms with E-state index in [1.165, 1.54) is 12.1 Å². The van der Waals surface area contributed by atoms with Crippen molar-refractivity contribution in [1.82, 2.24) is 0 Å². The molecule has 1 aliphatic carbocycles. The zero-order valence-electron chi connectivity index (χ0n) is 13.3. The van der Waals surface area contributed by atoms with Gasteiger partial charge < -0.3 is 20.3 Å². The molecule has 3 atom stereocenters. The summed E-state index contributed by atoms with van der Waals surface area (Å²) in [4.78, 5) is 10.9. The quantitative estimate of drug-likeness (QED) is 0.852. The number of ether oxygens (including phenoxy) is 2. The first-order valence-corrected chi connectivity index (χ1v) is 8.04. The molecule has 1 fully saturated rings. The molecule has 0 bridgehead atoms. The highest BCUT2D eigenvalue weighted by atomic mass is 16.5. The third-order valence-electron chi connectivity index (χ3n) is 4.25. The van der Waals surface area contributed by atoms with Gasteiger partial charge in [0.25, 0.3) is 0 Å². The van der Waals surface area contributed by atoms with Crippen molar-refractivity contribution in [2.45, 2.75) is 37.7 Å². The summed E-state index contributed by atoms with van der Waals surface area (Å²) in [7, 11) is 0. The van der Waals surface area contributed by atoms with Gasteiger partial charge in [0.15, 0.2) is 0 Å². The van der Waals surface area contributed by atoms with E-state index in [4.69, 9.17) is 20.3 Å². The number of hydrogen-bond donors (Lipinski definition) is 2. The van der Waals surface area contributed by atoms with Gasteiger partial charge >= 0.3 is 5.97 Å². The van der Waals surface area contributed by atoms with Gasteiger partial charge in [-0.3, -0.25) is 0 Å². The number of nitrogens with two attached hydrogens (primary N) is 1. The molecule has 2 aromatic rings. The van der Waals surface area contributed by atoms with Crippen molar-refractivity contribution in [3.8, 4) is 5.75 Å². The van der Waals surface area contributed by atoms with Gasteiger partial charge in [-0.25, -0.2) is 4.79 Å². The Bertz CT molecular complexity index is 672. The molecule has 0 saturated heterocycles. The van der Waals surface area contributed by atoms with Gasteiger partial charge in [0.1, 0.15) is 11.9 Å². The van der Waals surface area contributed by atoms with Crippen molar-refractivity contribution in [1.29, 1.82) is 0 Å². The Hall–Kier alpha value is -2.37. The van der Waals surface area contributed by atoms with Crippen molar-refractivity contribution in [2.75, 3.05) is 0 Å². The van der Waals surface area contributed by atoms with E-state index < -0.39 is 5.97 Å². The first-order valence-electron chi connectivity index (χ1n) is 8.04. The molecule has 1 aliphatic rings. The highest BCUT2D eigenvalue weighted by Crippen LogP contribution is 2.27. The summed E-state index contributed by atoms with van der Waals surface area (Å²) in [5.74, 6) is -0.348. The van der Waals surface area contributed by atoms with Gasteiger partial charge in [-0.15, -0.1) is 0 Å². The molecule has 0 amide bonds. The van der Waals surface area contributed by atoms with Crippen molar-refractivity contribution < 1.29 is 19.4 Å². The zero-order chi connectivity index (χ0) is 16.9. The van der Waals surface area contributed by atoms with E-state index in [1.54, 1.807) is 12.1 Å². The number of carbonyl (C=O) groups is 1. The minimum atomic E-state index is -0.955. The molecule has 5 heteroatoms. The number of aromatic carboxylic acids is 1. The molecular weight excluding hydrogens is 306 g/mol. The molecule has 0 spiro atoms. The lowest BCUT2D eigenvalue weighted by molar-refractivity contribution is -0.0207. The molecule has 0 heterocycles. The summed E-state index contributed by atoms with van der Waals surface area (Å²) in [5, 5.41) is 8.94. The van der Waals surface area contributed by atoms with Crippen LogP contribution in [0.1, 0.15) is 28.8 Å². The van der Waals surface area contributed by atoms with E-state index in [2.05, 4.69) is 0 Å². The maximum Gasteiger partial charge on any atom is 0.335 e. The topological polar surface area (TPSA) is 81.8 Å². The van der Waals surface area contributed by atoms with Crippen molar-refractivity contribution >= 4 is 5.97 Å². The van der Waals surface area contributed by atoms with Crippen LogP contribution in [0.15, 0.2) is 54.6 Å². The molecule has 5 nitrogen and oxygen atoms in total. The molecule has 0 aromatic heterocycles. The SMILES string of the molecule is NC1CCC(OCc2ccccc2)C1Oc1ccc(C(=O)O)cc1. The molecule has 1 saturated carbocycles. The lowest BCUT2D eigenvalue weighted by Crippen LogP contribution is -2.41. The second kappa shape index (κ2) is 7.47. The van der Waals surface area contributed by atoms with Gasteiger partial charge in [0.2, 0.25) is 0 Å². The minimum Gasteiger partial charge on any atom is -0.486 e. The summed E-state index contributed by atoms with van der Waals surface area (Å²) < 4.78 is 12.0. The molecule has 24 heavy (non-hydrogen) atoms. The zero-order valence-corrected chi connectivity index (χ0v) is 13.3. The molecule has 0 aliphatic heterocycles. The van der Waals surface area contributed by atoms with Gasteiger partial charge in [-0.1, -0.05) is 30.3 Å². The highest BCUT2D eigenvalue weighted by Gasteiger charge is 2.36. The highest BCUT2D eigenvalue weighted by molar-refractivity contribution is 5.87. The van der Waals surface area contributed by atoms with Crippen molar-refractivity contribution in [3.05, 3.63) is 65.7 Å². The van der Waals surface area contributed by atoms with E-state index in [0.717, 1.165) is 18.4 Å². The van der Waals surface area contributed by atoms with Crippen LogP contribution < -0.4 is 10.5 Å². The molecule has 2 aromatic carbocycles. The Morgan fingerprint density at radius 2 is 1.79 bits per heavy atom. The second-order valence-electron chi connectivity index (χ2n) is 5.99.